The maximum Gasteiger partial charge on any atom is 0.349 e. The largest absolute Gasteiger partial charge is 0.476 e. The van der Waals surface area contributed by atoms with E-state index in [0.717, 1.165) is 49.9 Å². The zero-order chi connectivity index (χ0) is 27.0. The lowest BCUT2D eigenvalue weighted by Crippen LogP contribution is -2.54. The monoisotopic (exact) mass is 532 g/mol. The molecule has 4 saturated carbocycles. The van der Waals surface area contributed by atoms with E-state index in [9.17, 15) is 14.7 Å². The third-order valence-corrected chi connectivity index (χ3v) is 10.6. The number of esters is 1. The second-order valence-corrected chi connectivity index (χ2v) is 13.2. The molecule has 4 aliphatic rings. The first-order valence-corrected chi connectivity index (χ1v) is 14.6. The van der Waals surface area contributed by atoms with E-state index in [1.165, 1.54) is 25.7 Å². The van der Waals surface area contributed by atoms with E-state index in [4.69, 9.17) is 21.1 Å². The summed E-state index contributed by atoms with van der Waals surface area (Å²) in [6.07, 6.45) is 10.1. The number of halogens is 1. The van der Waals surface area contributed by atoms with Crippen LogP contribution in [0, 0.1) is 34.5 Å². The molecular formula is C31H45ClO5. The van der Waals surface area contributed by atoms with Crippen LogP contribution in [0.5, 0.6) is 5.75 Å². The first kappa shape index (κ1) is 28.4. The molecule has 1 aromatic carbocycles. The van der Waals surface area contributed by atoms with Crippen LogP contribution in [0.25, 0.3) is 0 Å². The fourth-order valence-electron chi connectivity index (χ4n) is 8.15. The van der Waals surface area contributed by atoms with Gasteiger partial charge in [0.1, 0.15) is 11.5 Å². The number of carbonyl (C=O) groups excluding carboxylic acids is 2. The molecule has 206 valence electrons. The highest BCUT2D eigenvalue weighted by Gasteiger charge is 2.60. The molecule has 37 heavy (non-hydrogen) atoms. The van der Waals surface area contributed by atoms with Gasteiger partial charge in [-0.1, -0.05) is 25.4 Å². The fraction of sp³-hybridized carbons (Fsp3) is 0.742. The number of aliphatic hydroxyl groups excluding tert-OH is 1. The minimum absolute atomic E-state index is 0.0124. The lowest BCUT2D eigenvalue weighted by Gasteiger charge is -2.60. The topological polar surface area (TPSA) is 72.8 Å². The Morgan fingerprint density at radius 2 is 1.76 bits per heavy atom. The van der Waals surface area contributed by atoms with E-state index in [0.29, 0.717) is 34.5 Å². The van der Waals surface area contributed by atoms with Crippen LogP contribution >= 0.6 is 11.6 Å². The Labute approximate surface area is 227 Å². The van der Waals surface area contributed by atoms with E-state index >= 15 is 0 Å². The van der Waals surface area contributed by atoms with Crippen molar-refractivity contribution in [2.45, 2.75) is 104 Å². The maximum absolute atomic E-state index is 12.4. The van der Waals surface area contributed by atoms with Gasteiger partial charge in [0.15, 0.2) is 5.60 Å². The Bertz CT molecular complexity index is 974. The van der Waals surface area contributed by atoms with Crippen LogP contribution in [-0.2, 0) is 14.3 Å². The van der Waals surface area contributed by atoms with Crippen molar-refractivity contribution in [1.29, 1.82) is 0 Å². The molecule has 0 spiro atoms. The van der Waals surface area contributed by atoms with Crippen LogP contribution < -0.4 is 4.74 Å². The molecule has 6 heteroatoms. The Balaban J connectivity index is 0.000000181. The highest BCUT2D eigenvalue weighted by atomic mass is 35.5. The summed E-state index contributed by atoms with van der Waals surface area (Å²) in [4.78, 5) is 23.9. The number of fused-ring (bicyclic) bond motifs is 5. The lowest BCUT2D eigenvalue weighted by atomic mass is 9.45. The van der Waals surface area contributed by atoms with Crippen molar-refractivity contribution in [2.75, 3.05) is 6.61 Å². The quantitative estimate of drug-likeness (QED) is 0.422. The smallest absolute Gasteiger partial charge is 0.349 e. The normalized spacial score (nSPS) is 36.8. The zero-order valence-corrected chi connectivity index (χ0v) is 24.0. The molecule has 1 N–H and O–H groups in total. The molecule has 7 unspecified atom stereocenters. The van der Waals surface area contributed by atoms with E-state index < -0.39 is 5.60 Å². The van der Waals surface area contributed by atoms with Crippen LogP contribution in [0.2, 0.25) is 5.02 Å². The van der Waals surface area contributed by atoms with E-state index in [1.807, 2.05) is 0 Å². The minimum Gasteiger partial charge on any atom is -0.476 e. The number of Topliss-reactive ketones (excluding diaryl/α,β-unsaturated/α-hetero) is 1. The Morgan fingerprint density at radius 1 is 1.05 bits per heavy atom. The van der Waals surface area contributed by atoms with Gasteiger partial charge >= 0.3 is 5.97 Å². The standard InChI is InChI=1S/C19H30O2.C12H15ClO3/c1-18-9-7-13(20)11-12(18)3-4-14-15-5-6-17(21)19(15,2)10-8-16(14)18;1-4-15-11(14)12(2,3)16-10-7-5-9(13)6-8-10/h12-16,20H,3-11H2,1-2H3;5-8H,4H2,1-3H3. The van der Waals surface area contributed by atoms with Gasteiger partial charge in [0.2, 0.25) is 0 Å². The lowest BCUT2D eigenvalue weighted by molar-refractivity contribution is -0.158. The number of aliphatic hydroxyl groups is 1. The number of hydrogen-bond acceptors (Lipinski definition) is 5. The number of ketones is 1. The van der Waals surface area contributed by atoms with Crippen molar-refractivity contribution in [2.24, 2.45) is 34.5 Å². The molecule has 0 saturated heterocycles. The van der Waals surface area contributed by atoms with Gasteiger partial charge in [-0.05, 0) is 125 Å². The summed E-state index contributed by atoms with van der Waals surface area (Å²) in [6, 6.07) is 6.84. The molecule has 0 radical (unpaired) electrons. The van der Waals surface area contributed by atoms with Crippen molar-refractivity contribution in [3.05, 3.63) is 29.3 Å². The highest BCUT2D eigenvalue weighted by Crippen LogP contribution is 2.65. The average Bonchev–Trinajstić information content (AvgIpc) is 3.16. The molecule has 0 aromatic heterocycles. The summed E-state index contributed by atoms with van der Waals surface area (Å²) in [7, 11) is 0. The van der Waals surface area contributed by atoms with E-state index in [1.54, 1.807) is 45.0 Å². The van der Waals surface area contributed by atoms with Crippen molar-refractivity contribution in [3.8, 4) is 5.75 Å². The maximum atomic E-state index is 12.4. The van der Waals surface area contributed by atoms with E-state index in [2.05, 4.69) is 13.8 Å². The molecular weight excluding hydrogens is 488 g/mol. The molecule has 7 atom stereocenters. The van der Waals surface area contributed by atoms with Crippen LogP contribution in [0.3, 0.4) is 0 Å². The summed E-state index contributed by atoms with van der Waals surface area (Å²) < 4.78 is 10.5. The minimum atomic E-state index is -0.996. The molecule has 0 amide bonds. The van der Waals surface area contributed by atoms with Crippen LogP contribution in [0.4, 0.5) is 0 Å². The molecule has 1 aromatic rings. The van der Waals surface area contributed by atoms with Gasteiger partial charge in [-0.2, -0.15) is 0 Å². The molecule has 0 bridgehead atoms. The van der Waals surface area contributed by atoms with Gasteiger partial charge in [-0.15, -0.1) is 0 Å². The van der Waals surface area contributed by atoms with E-state index in [-0.39, 0.29) is 17.5 Å². The van der Waals surface area contributed by atoms with Crippen LogP contribution in [0.15, 0.2) is 24.3 Å². The SMILES string of the molecule is CC12CCC3C(CCC4CC(O)CCC43C)C1CCC2=O.CCOC(=O)C(C)(C)Oc1ccc(Cl)cc1. The molecule has 5 nitrogen and oxygen atoms in total. The predicted molar refractivity (Wildman–Crippen MR) is 146 cm³/mol. The van der Waals surface area contributed by atoms with Gasteiger partial charge in [0.05, 0.1) is 12.7 Å². The van der Waals surface area contributed by atoms with Gasteiger partial charge in [0.25, 0.3) is 0 Å². The van der Waals surface area contributed by atoms with Crippen molar-refractivity contribution in [1.82, 2.24) is 0 Å². The summed E-state index contributed by atoms with van der Waals surface area (Å²) in [5.41, 5.74) is -0.544. The van der Waals surface area contributed by atoms with Crippen molar-refractivity contribution >= 4 is 23.4 Å². The molecule has 4 aliphatic carbocycles. The molecule has 0 aliphatic heterocycles. The first-order valence-electron chi connectivity index (χ1n) is 14.2. The second-order valence-electron chi connectivity index (χ2n) is 12.8. The van der Waals surface area contributed by atoms with Crippen LogP contribution in [-0.4, -0.2) is 35.2 Å². The summed E-state index contributed by atoms with van der Waals surface area (Å²) >= 11 is 5.75. The predicted octanol–water partition coefficient (Wildman–Crippen LogP) is 7.02. The summed E-state index contributed by atoms with van der Waals surface area (Å²) in [5.74, 6) is 3.74. The summed E-state index contributed by atoms with van der Waals surface area (Å²) in [6.45, 7) is 10.2. The number of hydrogen-bond donors (Lipinski definition) is 1. The fourth-order valence-corrected chi connectivity index (χ4v) is 8.28. The van der Waals surface area contributed by atoms with Gasteiger partial charge < -0.3 is 14.6 Å². The average molecular weight is 533 g/mol. The molecule has 5 rings (SSSR count). The van der Waals surface area contributed by atoms with Crippen molar-refractivity contribution in [3.63, 3.8) is 0 Å². The van der Waals surface area contributed by atoms with Gasteiger partial charge in [-0.3, -0.25) is 4.79 Å². The number of rotatable bonds is 4. The molecule has 4 fully saturated rings. The van der Waals surface area contributed by atoms with Crippen molar-refractivity contribution < 1.29 is 24.2 Å². The van der Waals surface area contributed by atoms with Gasteiger partial charge in [-0.25, -0.2) is 4.79 Å². The number of carbonyl (C=O) groups is 2. The Morgan fingerprint density at radius 3 is 2.43 bits per heavy atom. The van der Waals surface area contributed by atoms with Gasteiger partial charge in [0, 0.05) is 16.9 Å². The number of ether oxygens (including phenoxy) is 2. The second kappa shape index (κ2) is 10.9. The highest BCUT2D eigenvalue weighted by molar-refractivity contribution is 6.30. The summed E-state index contributed by atoms with van der Waals surface area (Å²) in [5, 5.41) is 10.7. The van der Waals surface area contributed by atoms with Crippen LogP contribution in [0.1, 0.15) is 92.4 Å². The Hall–Kier alpha value is -1.59. The first-order chi connectivity index (χ1) is 17.4. The molecule has 0 heterocycles. The third-order valence-electron chi connectivity index (χ3n) is 10.3. The number of benzene rings is 1. The third kappa shape index (κ3) is 5.59. The zero-order valence-electron chi connectivity index (χ0n) is 23.2. The Kier molecular flexibility index (Phi) is 8.36.